The standard InChI is InChI=1S/C22H20N8O2S/c1-13(14-4-3-5-17(9-14)30-33(2,31)32)27-22-23-10-16-8-15(6-7-19(16)28-22)20-18-11-26-29-21(18)25-12-24-20/h3-13,30H,1-2H3,(H,23,27,28)(H,24,25,26,29)/t13-/m1/s1. The van der Waals surface area contributed by atoms with Crippen LogP contribution in [0.4, 0.5) is 11.6 Å². The van der Waals surface area contributed by atoms with Crippen LogP contribution in [-0.4, -0.2) is 44.8 Å². The van der Waals surface area contributed by atoms with E-state index in [1.54, 1.807) is 30.6 Å². The van der Waals surface area contributed by atoms with Crippen molar-refractivity contribution < 1.29 is 8.42 Å². The number of H-pyrrole nitrogens is 1. The molecule has 0 saturated carbocycles. The lowest BCUT2D eigenvalue weighted by Crippen LogP contribution is -2.12. The Hall–Kier alpha value is -4.12. The number of nitrogens with zero attached hydrogens (tertiary/aromatic N) is 5. The number of fused-ring (bicyclic) bond motifs is 2. The Morgan fingerprint density at radius 1 is 1.03 bits per heavy atom. The van der Waals surface area contributed by atoms with Gasteiger partial charge in [-0.2, -0.15) is 5.10 Å². The number of hydrogen-bond donors (Lipinski definition) is 3. The maximum absolute atomic E-state index is 11.5. The summed E-state index contributed by atoms with van der Waals surface area (Å²) in [7, 11) is -3.34. The van der Waals surface area contributed by atoms with Crippen LogP contribution in [0, 0.1) is 0 Å². The van der Waals surface area contributed by atoms with Crippen LogP contribution in [0.25, 0.3) is 33.2 Å². The zero-order valence-corrected chi connectivity index (χ0v) is 18.6. The zero-order valence-electron chi connectivity index (χ0n) is 17.8. The van der Waals surface area contributed by atoms with E-state index in [1.807, 2.05) is 31.2 Å². The predicted molar refractivity (Wildman–Crippen MR) is 127 cm³/mol. The van der Waals surface area contributed by atoms with Gasteiger partial charge in [0.2, 0.25) is 16.0 Å². The molecule has 0 spiro atoms. The second kappa shape index (κ2) is 8.10. The van der Waals surface area contributed by atoms with Gasteiger partial charge in [-0.05, 0) is 36.8 Å². The smallest absolute Gasteiger partial charge is 0.229 e. The van der Waals surface area contributed by atoms with E-state index in [-0.39, 0.29) is 6.04 Å². The summed E-state index contributed by atoms with van der Waals surface area (Å²) in [6.07, 6.45) is 6.10. The van der Waals surface area contributed by atoms with Gasteiger partial charge in [0.05, 0.1) is 35.1 Å². The van der Waals surface area contributed by atoms with Gasteiger partial charge in [0.15, 0.2) is 5.65 Å². The molecule has 3 N–H and O–H groups in total. The van der Waals surface area contributed by atoms with E-state index < -0.39 is 10.0 Å². The van der Waals surface area contributed by atoms with Gasteiger partial charge < -0.3 is 5.32 Å². The molecule has 1 atom stereocenters. The molecule has 0 saturated heterocycles. The third kappa shape index (κ3) is 4.44. The van der Waals surface area contributed by atoms with Gasteiger partial charge >= 0.3 is 0 Å². The van der Waals surface area contributed by atoms with E-state index in [1.165, 1.54) is 6.33 Å². The van der Waals surface area contributed by atoms with Gasteiger partial charge in [-0.15, -0.1) is 0 Å². The molecule has 11 heteroatoms. The van der Waals surface area contributed by atoms with Gasteiger partial charge in [-0.25, -0.2) is 28.4 Å². The highest BCUT2D eigenvalue weighted by Crippen LogP contribution is 2.27. The van der Waals surface area contributed by atoms with E-state index >= 15 is 0 Å². The number of aromatic amines is 1. The van der Waals surface area contributed by atoms with Crippen LogP contribution in [0.5, 0.6) is 0 Å². The molecule has 10 nitrogen and oxygen atoms in total. The lowest BCUT2D eigenvalue weighted by atomic mass is 10.1. The Morgan fingerprint density at radius 2 is 1.91 bits per heavy atom. The van der Waals surface area contributed by atoms with Crippen LogP contribution in [0.3, 0.4) is 0 Å². The SMILES string of the molecule is C[C@@H](Nc1ncc2cc(-c3ncnc4[nH]ncc34)ccc2n1)c1cccc(NS(C)(=O)=O)c1. The van der Waals surface area contributed by atoms with Crippen LogP contribution in [0.2, 0.25) is 0 Å². The van der Waals surface area contributed by atoms with Crippen molar-refractivity contribution in [1.82, 2.24) is 30.1 Å². The molecule has 3 heterocycles. The first-order valence-electron chi connectivity index (χ1n) is 10.1. The minimum absolute atomic E-state index is 0.140. The van der Waals surface area contributed by atoms with Crippen molar-refractivity contribution in [3.05, 3.63) is 66.7 Å². The summed E-state index contributed by atoms with van der Waals surface area (Å²) < 4.78 is 25.5. The normalized spacial score (nSPS) is 12.7. The average molecular weight is 461 g/mol. The van der Waals surface area contributed by atoms with Crippen molar-refractivity contribution >= 4 is 43.6 Å². The quantitative estimate of drug-likeness (QED) is 0.350. The topological polar surface area (TPSA) is 138 Å². The van der Waals surface area contributed by atoms with E-state index in [0.29, 0.717) is 17.3 Å². The number of hydrogen-bond acceptors (Lipinski definition) is 8. The number of nitrogens with one attached hydrogen (secondary N) is 3. The van der Waals surface area contributed by atoms with Crippen molar-refractivity contribution in [3.8, 4) is 11.3 Å². The number of benzene rings is 2. The van der Waals surface area contributed by atoms with Gasteiger partial charge in [0.25, 0.3) is 0 Å². The van der Waals surface area contributed by atoms with E-state index in [4.69, 9.17) is 0 Å². The van der Waals surface area contributed by atoms with Gasteiger partial charge in [-0.1, -0.05) is 18.2 Å². The van der Waals surface area contributed by atoms with Gasteiger partial charge in [-0.3, -0.25) is 9.82 Å². The molecule has 3 aromatic heterocycles. The number of sulfonamides is 1. The van der Waals surface area contributed by atoms with Crippen molar-refractivity contribution in [3.63, 3.8) is 0 Å². The Kier molecular flexibility index (Phi) is 5.09. The molecular formula is C22H20N8O2S. The van der Waals surface area contributed by atoms with Crippen LogP contribution in [0.1, 0.15) is 18.5 Å². The minimum Gasteiger partial charge on any atom is -0.348 e. The lowest BCUT2D eigenvalue weighted by molar-refractivity contribution is 0.607. The summed E-state index contributed by atoms with van der Waals surface area (Å²) in [5, 5.41) is 11.9. The van der Waals surface area contributed by atoms with E-state index in [9.17, 15) is 8.42 Å². The molecule has 0 aliphatic heterocycles. The molecule has 5 rings (SSSR count). The molecule has 0 radical (unpaired) electrons. The molecule has 0 aliphatic carbocycles. The van der Waals surface area contributed by atoms with Crippen molar-refractivity contribution in [2.24, 2.45) is 0 Å². The fraction of sp³-hybridized carbons (Fsp3) is 0.136. The number of aromatic nitrogens is 6. The van der Waals surface area contributed by atoms with Crippen molar-refractivity contribution in [2.75, 3.05) is 16.3 Å². The third-order valence-electron chi connectivity index (χ3n) is 5.14. The highest BCUT2D eigenvalue weighted by atomic mass is 32.2. The molecule has 33 heavy (non-hydrogen) atoms. The highest BCUT2D eigenvalue weighted by molar-refractivity contribution is 7.92. The summed E-state index contributed by atoms with van der Waals surface area (Å²) in [4.78, 5) is 17.7. The predicted octanol–water partition coefficient (Wildman–Crippen LogP) is 3.51. The van der Waals surface area contributed by atoms with E-state index in [2.05, 4.69) is 40.2 Å². The molecule has 5 aromatic rings. The fourth-order valence-corrected chi connectivity index (χ4v) is 4.16. The Balaban J connectivity index is 1.40. The Bertz CT molecular complexity index is 1580. The van der Waals surface area contributed by atoms with Crippen molar-refractivity contribution in [1.29, 1.82) is 0 Å². The van der Waals surface area contributed by atoms with Crippen molar-refractivity contribution in [2.45, 2.75) is 13.0 Å². The number of anilines is 2. The second-order valence-electron chi connectivity index (χ2n) is 7.69. The Morgan fingerprint density at radius 3 is 2.76 bits per heavy atom. The van der Waals surface area contributed by atoms with Crippen LogP contribution < -0.4 is 10.0 Å². The van der Waals surface area contributed by atoms with E-state index in [0.717, 1.165) is 39.4 Å². The molecule has 166 valence electrons. The summed E-state index contributed by atoms with van der Waals surface area (Å²) in [5.41, 5.74) is 4.58. The largest absolute Gasteiger partial charge is 0.348 e. The number of rotatable bonds is 6. The molecular weight excluding hydrogens is 440 g/mol. The molecule has 2 aromatic carbocycles. The second-order valence-corrected chi connectivity index (χ2v) is 9.44. The lowest BCUT2D eigenvalue weighted by Gasteiger charge is -2.16. The maximum Gasteiger partial charge on any atom is 0.229 e. The van der Waals surface area contributed by atoms with Crippen LogP contribution in [-0.2, 0) is 10.0 Å². The molecule has 0 aliphatic rings. The summed E-state index contributed by atoms with van der Waals surface area (Å²) in [5.74, 6) is 0.475. The minimum atomic E-state index is -3.34. The highest BCUT2D eigenvalue weighted by Gasteiger charge is 2.12. The fourth-order valence-electron chi connectivity index (χ4n) is 3.61. The van der Waals surface area contributed by atoms with Crippen LogP contribution in [0.15, 0.2) is 61.2 Å². The molecule has 0 amide bonds. The summed E-state index contributed by atoms with van der Waals surface area (Å²) >= 11 is 0. The molecule has 0 bridgehead atoms. The monoisotopic (exact) mass is 460 g/mol. The van der Waals surface area contributed by atoms with Gasteiger partial charge in [0.1, 0.15) is 6.33 Å². The molecule has 0 fully saturated rings. The third-order valence-corrected chi connectivity index (χ3v) is 5.74. The molecule has 0 unspecified atom stereocenters. The first-order valence-corrected chi connectivity index (χ1v) is 12.0. The summed E-state index contributed by atoms with van der Waals surface area (Å²) in [6, 6.07) is 12.9. The first kappa shape index (κ1) is 20.8. The summed E-state index contributed by atoms with van der Waals surface area (Å²) in [6.45, 7) is 1.96. The zero-order chi connectivity index (χ0) is 23.0. The van der Waals surface area contributed by atoms with Crippen LogP contribution >= 0.6 is 0 Å². The first-order chi connectivity index (χ1) is 15.9. The average Bonchev–Trinajstić information content (AvgIpc) is 3.27. The maximum atomic E-state index is 11.5. The van der Waals surface area contributed by atoms with Gasteiger partial charge in [0, 0.05) is 22.8 Å². The Labute approximate surface area is 189 Å².